The van der Waals surface area contributed by atoms with Gasteiger partial charge in [-0.2, -0.15) is 0 Å². The number of rotatable bonds is 2. The minimum Gasteiger partial charge on any atom is -0.372 e. The van der Waals surface area contributed by atoms with Crippen molar-refractivity contribution in [3.05, 3.63) is 23.6 Å². The minimum absolute atomic E-state index is 0.0377. The van der Waals surface area contributed by atoms with Gasteiger partial charge in [0.1, 0.15) is 0 Å². The zero-order valence-corrected chi connectivity index (χ0v) is 10.9. The van der Waals surface area contributed by atoms with Gasteiger partial charge in [0.15, 0.2) is 11.6 Å². The molecule has 0 radical (unpaired) electrons. The fourth-order valence-corrected chi connectivity index (χ4v) is 2.22. The predicted octanol–water partition coefficient (Wildman–Crippen LogP) is 0.756. The van der Waals surface area contributed by atoms with Gasteiger partial charge in [-0.15, -0.1) is 0 Å². The molecule has 1 aliphatic rings. The normalized spacial score (nSPS) is 23.3. The Bertz CT molecular complexity index is 473. The summed E-state index contributed by atoms with van der Waals surface area (Å²) in [6, 6.07) is 1.35. The van der Waals surface area contributed by atoms with Gasteiger partial charge in [0, 0.05) is 19.3 Å². The van der Waals surface area contributed by atoms with Crippen LogP contribution in [0.1, 0.15) is 24.2 Å². The van der Waals surface area contributed by atoms with Crippen LogP contribution in [-0.2, 0) is 4.74 Å². The van der Waals surface area contributed by atoms with Crippen LogP contribution < -0.4 is 11.3 Å². The Labute approximate surface area is 110 Å². The third kappa shape index (κ3) is 2.82. The molecule has 0 aromatic carbocycles. The van der Waals surface area contributed by atoms with E-state index >= 15 is 0 Å². The number of hydrogen-bond acceptors (Lipinski definition) is 5. The number of aromatic nitrogens is 1. The Morgan fingerprint density at radius 2 is 2.16 bits per heavy atom. The van der Waals surface area contributed by atoms with Crippen molar-refractivity contribution >= 4 is 11.7 Å². The summed E-state index contributed by atoms with van der Waals surface area (Å²) in [4.78, 5) is 17.6. The number of anilines is 1. The molecule has 1 saturated heterocycles. The lowest BCUT2D eigenvalue weighted by molar-refractivity contribution is -0.0587. The van der Waals surface area contributed by atoms with Crippen LogP contribution in [0.25, 0.3) is 0 Å². The molecule has 19 heavy (non-hydrogen) atoms. The fraction of sp³-hybridized carbons (Fsp3) is 0.500. The standard InChI is InChI=1S/C12H17FN4O2/c1-7-5-17(6-8(2)19-7)12(18)9-3-4-15-11(16-14)10(9)13/h3-4,7-8H,5-6,14H2,1-2H3,(H,15,16). The van der Waals surface area contributed by atoms with E-state index in [0.29, 0.717) is 13.1 Å². The van der Waals surface area contributed by atoms with Crippen molar-refractivity contribution in [1.82, 2.24) is 9.88 Å². The first-order valence-corrected chi connectivity index (χ1v) is 6.08. The van der Waals surface area contributed by atoms with E-state index in [1.807, 2.05) is 13.8 Å². The number of morpholine rings is 1. The molecule has 2 rings (SSSR count). The average Bonchev–Trinajstić information content (AvgIpc) is 2.37. The van der Waals surface area contributed by atoms with E-state index in [2.05, 4.69) is 10.4 Å². The third-order valence-electron chi connectivity index (χ3n) is 2.96. The second-order valence-corrected chi connectivity index (χ2v) is 4.63. The van der Waals surface area contributed by atoms with Crippen LogP contribution in [0.2, 0.25) is 0 Å². The number of nitrogen functional groups attached to an aromatic ring is 1. The van der Waals surface area contributed by atoms with Crippen LogP contribution in [0.3, 0.4) is 0 Å². The van der Waals surface area contributed by atoms with Crippen molar-refractivity contribution in [2.75, 3.05) is 18.5 Å². The molecule has 1 aliphatic heterocycles. The Hall–Kier alpha value is -1.73. The maximum Gasteiger partial charge on any atom is 0.257 e. The molecule has 104 valence electrons. The van der Waals surface area contributed by atoms with E-state index in [1.165, 1.54) is 12.3 Å². The molecule has 6 nitrogen and oxygen atoms in total. The van der Waals surface area contributed by atoms with Crippen LogP contribution in [0.15, 0.2) is 12.3 Å². The van der Waals surface area contributed by atoms with Gasteiger partial charge in [-0.05, 0) is 19.9 Å². The lowest BCUT2D eigenvalue weighted by atomic mass is 10.1. The summed E-state index contributed by atoms with van der Waals surface area (Å²) >= 11 is 0. The summed E-state index contributed by atoms with van der Waals surface area (Å²) in [6.45, 7) is 4.64. The highest BCUT2D eigenvalue weighted by Gasteiger charge is 2.28. The van der Waals surface area contributed by atoms with Gasteiger partial charge in [0.25, 0.3) is 5.91 Å². The van der Waals surface area contributed by atoms with Crippen LogP contribution in [0.4, 0.5) is 10.2 Å². The highest BCUT2D eigenvalue weighted by atomic mass is 19.1. The van der Waals surface area contributed by atoms with Gasteiger partial charge in [0.2, 0.25) is 0 Å². The van der Waals surface area contributed by atoms with E-state index < -0.39 is 5.82 Å². The molecule has 2 atom stereocenters. The van der Waals surface area contributed by atoms with Crippen molar-refractivity contribution < 1.29 is 13.9 Å². The Morgan fingerprint density at radius 3 is 2.74 bits per heavy atom. The Morgan fingerprint density at radius 1 is 1.53 bits per heavy atom. The molecule has 0 spiro atoms. The number of carbonyl (C=O) groups excluding carboxylic acids is 1. The number of amides is 1. The quantitative estimate of drug-likeness (QED) is 0.611. The third-order valence-corrected chi connectivity index (χ3v) is 2.96. The second-order valence-electron chi connectivity index (χ2n) is 4.63. The first kappa shape index (κ1) is 13.7. The van der Waals surface area contributed by atoms with Gasteiger partial charge in [0.05, 0.1) is 17.8 Å². The Balaban J connectivity index is 2.24. The molecule has 7 heteroatoms. The van der Waals surface area contributed by atoms with Crippen molar-refractivity contribution in [3.63, 3.8) is 0 Å². The van der Waals surface area contributed by atoms with Crippen molar-refractivity contribution in [2.24, 2.45) is 5.84 Å². The summed E-state index contributed by atoms with van der Waals surface area (Å²) in [6.07, 6.45) is 1.22. The SMILES string of the molecule is CC1CN(C(=O)c2ccnc(NN)c2F)CC(C)O1. The molecule has 0 bridgehead atoms. The zero-order valence-electron chi connectivity index (χ0n) is 10.9. The topological polar surface area (TPSA) is 80.5 Å². The summed E-state index contributed by atoms with van der Waals surface area (Å²) in [5.74, 6) is 3.90. The number of carbonyl (C=O) groups is 1. The van der Waals surface area contributed by atoms with E-state index in [0.717, 1.165) is 0 Å². The number of halogens is 1. The number of ether oxygens (including phenoxy) is 1. The smallest absolute Gasteiger partial charge is 0.257 e. The lowest BCUT2D eigenvalue weighted by Crippen LogP contribution is -2.48. The molecule has 3 N–H and O–H groups in total. The predicted molar refractivity (Wildman–Crippen MR) is 67.9 cm³/mol. The largest absolute Gasteiger partial charge is 0.372 e. The molecular weight excluding hydrogens is 251 g/mol. The summed E-state index contributed by atoms with van der Waals surface area (Å²) in [5, 5.41) is 0. The first-order chi connectivity index (χ1) is 9.02. The highest BCUT2D eigenvalue weighted by Crippen LogP contribution is 2.19. The zero-order chi connectivity index (χ0) is 14.0. The number of nitrogens with two attached hydrogens (primary N) is 1. The first-order valence-electron chi connectivity index (χ1n) is 6.08. The van der Waals surface area contributed by atoms with Gasteiger partial charge in [-0.1, -0.05) is 0 Å². The van der Waals surface area contributed by atoms with Crippen LogP contribution in [0, 0.1) is 5.82 Å². The number of hydrogen-bond donors (Lipinski definition) is 2. The monoisotopic (exact) mass is 268 g/mol. The van der Waals surface area contributed by atoms with Gasteiger partial charge >= 0.3 is 0 Å². The van der Waals surface area contributed by atoms with Crippen LogP contribution in [-0.4, -0.2) is 41.1 Å². The molecule has 2 heterocycles. The average molecular weight is 268 g/mol. The van der Waals surface area contributed by atoms with E-state index in [4.69, 9.17) is 10.6 Å². The lowest BCUT2D eigenvalue weighted by Gasteiger charge is -2.35. The number of hydrazine groups is 1. The van der Waals surface area contributed by atoms with E-state index in [1.54, 1.807) is 4.90 Å². The maximum atomic E-state index is 14.0. The van der Waals surface area contributed by atoms with Gasteiger partial charge < -0.3 is 15.1 Å². The minimum atomic E-state index is -0.734. The van der Waals surface area contributed by atoms with Crippen molar-refractivity contribution in [3.8, 4) is 0 Å². The number of pyridine rings is 1. The number of nitrogens with zero attached hydrogens (tertiary/aromatic N) is 2. The van der Waals surface area contributed by atoms with Crippen molar-refractivity contribution in [2.45, 2.75) is 26.1 Å². The van der Waals surface area contributed by atoms with Crippen LogP contribution in [0.5, 0.6) is 0 Å². The molecule has 0 aliphatic carbocycles. The summed E-state index contributed by atoms with van der Waals surface area (Å²) < 4.78 is 19.5. The highest BCUT2D eigenvalue weighted by molar-refractivity contribution is 5.95. The van der Waals surface area contributed by atoms with E-state index in [9.17, 15) is 9.18 Å². The molecular formula is C12H17FN4O2. The van der Waals surface area contributed by atoms with Gasteiger partial charge in [-0.25, -0.2) is 15.2 Å². The molecule has 1 aromatic heterocycles. The second kappa shape index (κ2) is 5.50. The molecule has 1 aromatic rings. The summed E-state index contributed by atoms with van der Waals surface area (Å²) in [7, 11) is 0. The molecule has 2 unspecified atom stereocenters. The molecule has 1 fully saturated rings. The molecule has 1 amide bonds. The van der Waals surface area contributed by atoms with Crippen molar-refractivity contribution in [1.29, 1.82) is 0 Å². The Kier molecular flexibility index (Phi) is 3.96. The number of nitrogens with one attached hydrogen (secondary N) is 1. The van der Waals surface area contributed by atoms with E-state index in [-0.39, 0.29) is 29.5 Å². The van der Waals surface area contributed by atoms with Gasteiger partial charge in [-0.3, -0.25) is 4.79 Å². The van der Waals surface area contributed by atoms with Crippen LogP contribution >= 0.6 is 0 Å². The summed E-state index contributed by atoms with van der Waals surface area (Å²) in [5.41, 5.74) is 2.09. The molecule has 0 saturated carbocycles. The maximum absolute atomic E-state index is 14.0. The fourth-order valence-electron chi connectivity index (χ4n) is 2.22.